The summed E-state index contributed by atoms with van der Waals surface area (Å²) in [4.78, 5) is 2.43. The highest BCUT2D eigenvalue weighted by molar-refractivity contribution is 9.10. The standard InChI is InChI=1S/C16H27BrN2/c1-5-16(6-2,12-18-3)13-19(4)11-14-9-7-8-10-15(14)17/h7-10,18H,5-6,11-13H2,1-4H3. The number of nitrogens with zero attached hydrogens (tertiary/aromatic N) is 1. The van der Waals surface area contributed by atoms with Gasteiger partial charge in [0.1, 0.15) is 0 Å². The van der Waals surface area contributed by atoms with Crippen molar-refractivity contribution in [1.29, 1.82) is 0 Å². The van der Waals surface area contributed by atoms with E-state index in [1.807, 2.05) is 7.05 Å². The molecule has 0 aliphatic heterocycles. The minimum atomic E-state index is 0.380. The second-order valence-corrected chi connectivity index (χ2v) is 6.36. The molecule has 108 valence electrons. The molecule has 1 aromatic carbocycles. The molecular formula is C16H27BrN2. The van der Waals surface area contributed by atoms with E-state index in [-0.39, 0.29) is 0 Å². The molecule has 0 atom stereocenters. The van der Waals surface area contributed by atoms with Crippen molar-refractivity contribution >= 4 is 15.9 Å². The summed E-state index contributed by atoms with van der Waals surface area (Å²) in [5, 5.41) is 3.36. The van der Waals surface area contributed by atoms with E-state index in [9.17, 15) is 0 Å². The Kier molecular flexibility index (Phi) is 7.05. The third-order valence-corrected chi connectivity index (χ3v) is 4.83. The number of hydrogen-bond acceptors (Lipinski definition) is 2. The Morgan fingerprint density at radius 1 is 1.21 bits per heavy atom. The van der Waals surface area contributed by atoms with E-state index >= 15 is 0 Å². The van der Waals surface area contributed by atoms with Crippen molar-refractivity contribution in [2.45, 2.75) is 33.2 Å². The summed E-state index contributed by atoms with van der Waals surface area (Å²) in [6.45, 7) is 7.80. The first-order valence-corrected chi connectivity index (χ1v) is 7.92. The molecule has 0 unspecified atom stereocenters. The van der Waals surface area contributed by atoms with E-state index in [2.05, 4.69) is 71.3 Å². The third-order valence-electron chi connectivity index (χ3n) is 4.06. The van der Waals surface area contributed by atoms with Crippen molar-refractivity contribution in [3.63, 3.8) is 0 Å². The maximum Gasteiger partial charge on any atom is 0.0242 e. The van der Waals surface area contributed by atoms with Gasteiger partial charge < -0.3 is 10.2 Å². The summed E-state index contributed by atoms with van der Waals surface area (Å²) in [5.74, 6) is 0. The Morgan fingerprint density at radius 3 is 2.37 bits per heavy atom. The van der Waals surface area contributed by atoms with E-state index in [4.69, 9.17) is 0 Å². The zero-order valence-corrected chi connectivity index (χ0v) is 14.3. The van der Waals surface area contributed by atoms with E-state index < -0.39 is 0 Å². The molecule has 0 heterocycles. The minimum Gasteiger partial charge on any atom is -0.319 e. The first-order chi connectivity index (χ1) is 9.06. The summed E-state index contributed by atoms with van der Waals surface area (Å²) in [7, 11) is 4.27. The first-order valence-electron chi connectivity index (χ1n) is 7.13. The zero-order chi connectivity index (χ0) is 14.3. The van der Waals surface area contributed by atoms with E-state index in [1.54, 1.807) is 0 Å². The Labute approximate surface area is 126 Å². The van der Waals surface area contributed by atoms with Gasteiger partial charge in [0.15, 0.2) is 0 Å². The Hall–Kier alpha value is -0.380. The van der Waals surface area contributed by atoms with Crippen molar-refractivity contribution in [1.82, 2.24) is 10.2 Å². The van der Waals surface area contributed by atoms with Crippen molar-refractivity contribution in [2.24, 2.45) is 5.41 Å². The fourth-order valence-electron chi connectivity index (χ4n) is 2.70. The van der Waals surface area contributed by atoms with Crippen molar-refractivity contribution in [2.75, 3.05) is 27.2 Å². The highest BCUT2D eigenvalue weighted by atomic mass is 79.9. The molecule has 0 fully saturated rings. The molecule has 0 spiro atoms. The van der Waals surface area contributed by atoms with Crippen molar-refractivity contribution in [3.05, 3.63) is 34.3 Å². The topological polar surface area (TPSA) is 15.3 Å². The Morgan fingerprint density at radius 2 is 1.84 bits per heavy atom. The van der Waals surface area contributed by atoms with Gasteiger partial charge in [-0.25, -0.2) is 0 Å². The summed E-state index contributed by atoms with van der Waals surface area (Å²) >= 11 is 3.63. The zero-order valence-electron chi connectivity index (χ0n) is 12.7. The first kappa shape index (κ1) is 16.7. The normalized spacial score (nSPS) is 12.1. The van der Waals surface area contributed by atoms with E-state index in [1.165, 1.54) is 22.9 Å². The van der Waals surface area contributed by atoms with Crippen LogP contribution in [0.4, 0.5) is 0 Å². The van der Waals surface area contributed by atoms with Crippen LogP contribution in [0.25, 0.3) is 0 Å². The van der Waals surface area contributed by atoms with Gasteiger partial charge in [0, 0.05) is 24.1 Å². The lowest BCUT2D eigenvalue weighted by Crippen LogP contribution is -2.41. The summed E-state index contributed by atoms with van der Waals surface area (Å²) in [6, 6.07) is 8.48. The van der Waals surface area contributed by atoms with Crippen LogP contribution in [0.2, 0.25) is 0 Å². The second-order valence-electron chi connectivity index (χ2n) is 5.50. The Bertz CT molecular complexity index is 375. The summed E-state index contributed by atoms with van der Waals surface area (Å²) in [5.41, 5.74) is 1.74. The lowest BCUT2D eigenvalue weighted by atomic mass is 9.81. The quantitative estimate of drug-likeness (QED) is 0.779. The van der Waals surface area contributed by atoms with Crippen LogP contribution < -0.4 is 5.32 Å². The molecule has 0 aromatic heterocycles. The summed E-state index contributed by atoms with van der Waals surface area (Å²) < 4.78 is 1.20. The number of nitrogens with one attached hydrogen (secondary N) is 1. The van der Waals surface area contributed by atoms with Crippen LogP contribution in [0.5, 0.6) is 0 Å². The van der Waals surface area contributed by atoms with E-state index in [0.29, 0.717) is 5.41 Å². The average Bonchev–Trinajstić information content (AvgIpc) is 2.41. The van der Waals surface area contributed by atoms with Gasteiger partial charge in [-0.05, 0) is 44.0 Å². The molecular weight excluding hydrogens is 300 g/mol. The molecule has 0 aliphatic carbocycles. The van der Waals surface area contributed by atoms with Crippen LogP contribution in [0.15, 0.2) is 28.7 Å². The van der Waals surface area contributed by atoms with Gasteiger partial charge in [-0.3, -0.25) is 0 Å². The van der Waals surface area contributed by atoms with Gasteiger partial charge in [-0.2, -0.15) is 0 Å². The monoisotopic (exact) mass is 326 g/mol. The van der Waals surface area contributed by atoms with Gasteiger partial charge >= 0.3 is 0 Å². The smallest absolute Gasteiger partial charge is 0.0242 e. The highest BCUT2D eigenvalue weighted by Gasteiger charge is 2.26. The molecule has 1 N–H and O–H groups in total. The maximum absolute atomic E-state index is 3.63. The third kappa shape index (κ3) is 4.90. The highest BCUT2D eigenvalue weighted by Crippen LogP contribution is 2.27. The molecule has 1 rings (SSSR count). The maximum atomic E-state index is 3.63. The number of rotatable bonds is 8. The molecule has 0 saturated carbocycles. The van der Waals surface area contributed by atoms with Gasteiger partial charge in [0.05, 0.1) is 0 Å². The molecule has 2 nitrogen and oxygen atoms in total. The van der Waals surface area contributed by atoms with Gasteiger partial charge in [0.2, 0.25) is 0 Å². The van der Waals surface area contributed by atoms with Crippen LogP contribution in [-0.2, 0) is 6.54 Å². The number of hydrogen-bond donors (Lipinski definition) is 1. The molecule has 3 heteroatoms. The SMILES string of the molecule is CCC(CC)(CNC)CN(C)Cc1ccccc1Br. The molecule has 0 saturated heterocycles. The van der Waals surface area contributed by atoms with Crippen molar-refractivity contribution < 1.29 is 0 Å². The van der Waals surface area contributed by atoms with E-state index in [0.717, 1.165) is 19.6 Å². The lowest BCUT2D eigenvalue weighted by molar-refractivity contribution is 0.153. The lowest BCUT2D eigenvalue weighted by Gasteiger charge is -2.36. The fourth-order valence-corrected chi connectivity index (χ4v) is 3.11. The minimum absolute atomic E-state index is 0.380. The largest absolute Gasteiger partial charge is 0.319 e. The number of halogens is 1. The molecule has 0 bridgehead atoms. The van der Waals surface area contributed by atoms with Gasteiger partial charge in [-0.1, -0.05) is 48.0 Å². The molecule has 19 heavy (non-hydrogen) atoms. The van der Waals surface area contributed by atoms with Crippen LogP contribution in [0, 0.1) is 5.41 Å². The fraction of sp³-hybridized carbons (Fsp3) is 0.625. The molecule has 1 aromatic rings. The van der Waals surface area contributed by atoms with Gasteiger partial charge in [0.25, 0.3) is 0 Å². The molecule has 0 amide bonds. The van der Waals surface area contributed by atoms with Crippen LogP contribution >= 0.6 is 15.9 Å². The van der Waals surface area contributed by atoms with Crippen LogP contribution in [-0.4, -0.2) is 32.1 Å². The predicted molar refractivity (Wildman–Crippen MR) is 87.4 cm³/mol. The van der Waals surface area contributed by atoms with Crippen molar-refractivity contribution in [3.8, 4) is 0 Å². The molecule has 0 radical (unpaired) electrons. The summed E-state index contributed by atoms with van der Waals surface area (Å²) in [6.07, 6.45) is 2.43. The predicted octanol–water partition coefficient (Wildman–Crippen LogP) is 3.91. The average molecular weight is 327 g/mol. The Balaban J connectivity index is 2.67. The second kappa shape index (κ2) is 8.03. The van der Waals surface area contributed by atoms with Crippen LogP contribution in [0.3, 0.4) is 0 Å². The molecule has 0 aliphatic rings. The number of benzene rings is 1. The van der Waals surface area contributed by atoms with Crippen LogP contribution in [0.1, 0.15) is 32.3 Å². The van der Waals surface area contributed by atoms with Gasteiger partial charge in [-0.15, -0.1) is 0 Å².